The smallest absolute Gasteiger partial charge is 0.316 e. The molecule has 0 atom stereocenters. The highest BCUT2D eigenvalue weighted by molar-refractivity contribution is 8.14. The van der Waals surface area contributed by atoms with E-state index in [4.69, 9.17) is 22.1 Å². The first-order valence-electron chi connectivity index (χ1n) is 11.0. The average molecular weight is 492 g/mol. The fraction of sp³-hybridized carbons (Fsp3) is 0.400. The molecular formula is C25H34ClN3O3S. The molecule has 3 rings (SSSR count). The summed E-state index contributed by atoms with van der Waals surface area (Å²) >= 11 is 7.31. The van der Waals surface area contributed by atoms with Gasteiger partial charge in [-0.25, -0.2) is 5.01 Å². The molecule has 0 radical (unpaired) electrons. The molecule has 0 aliphatic carbocycles. The van der Waals surface area contributed by atoms with E-state index in [-0.39, 0.29) is 17.8 Å². The number of halogens is 1. The van der Waals surface area contributed by atoms with Gasteiger partial charge in [0.15, 0.2) is 0 Å². The summed E-state index contributed by atoms with van der Waals surface area (Å²) in [6, 6.07) is 12.3. The molecule has 1 aliphatic rings. The molecule has 0 saturated carbocycles. The second-order valence-corrected chi connectivity index (χ2v) is 9.05. The number of ether oxygens (including phenoxy) is 1. The van der Waals surface area contributed by atoms with Crippen LogP contribution in [0, 0.1) is 5.41 Å². The molecular weight excluding hydrogens is 458 g/mol. The maximum Gasteiger partial charge on any atom is 0.316 e. The van der Waals surface area contributed by atoms with Gasteiger partial charge < -0.3 is 10.5 Å². The first-order valence-corrected chi connectivity index (χ1v) is 12.4. The lowest BCUT2D eigenvalue weighted by Gasteiger charge is -2.24. The van der Waals surface area contributed by atoms with Crippen LogP contribution in [0.25, 0.3) is 0 Å². The summed E-state index contributed by atoms with van der Waals surface area (Å²) in [6.07, 6.45) is 0. The summed E-state index contributed by atoms with van der Waals surface area (Å²) in [4.78, 5) is 24.7. The molecule has 0 bridgehead atoms. The van der Waals surface area contributed by atoms with E-state index in [2.05, 4.69) is 5.10 Å². The average Bonchev–Trinajstić information content (AvgIpc) is 2.78. The van der Waals surface area contributed by atoms with Crippen molar-refractivity contribution in [3.8, 4) is 5.75 Å². The first-order chi connectivity index (χ1) is 15.6. The second-order valence-electron chi connectivity index (χ2n) is 7.68. The molecule has 0 fully saturated rings. The van der Waals surface area contributed by atoms with Gasteiger partial charge in [0.05, 0.1) is 17.7 Å². The number of esters is 1. The summed E-state index contributed by atoms with van der Waals surface area (Å²) in [5.74, 6) is 0.358. The van der Waals surface area contributed by atoms with E-state index in [1.165, 1.54) is 5.01 Å². The van der Waals surface area contributed by atoms with Gasteiger partial charge in [0, 0.05) is 22.0 Å². The summed E-state index contributed by atoms with van der Waals surface area (Å²) < 4.78 is 5.61. The molecule has 6 nitrogen and oxygen atoms in total. The zero-order chi connectivity index (χ0) is 25.2. The van der Waals surface area contributed by atoms with Gasteiger partial charge in [-0.05, 0) is 56.7 Å². The van der Waals surface area contributed by atoms with Gasteiger partial charge in [-0.1, -0.05) is 63.2 Å². The number of benzene rings is 2. The predicted octanol–water partition coefficient (Wildman–Crippen LogP) is 7.00. The van der Waals surface area contributed by atoms with Crippen molar-refractivity contribution >= 4 is 46.0 Å². The zero-order valence-electron chi connectivity index (χ0n) is 20.4. The van der Waals surface area contributed by atoms with Gasteiger partial charge in [0.2, 0.25) is 0 Å². The molecule has 2 aromatic rings. The SMILES string of the molecule is CC.CC.CC(C)(C)C(=O)Oc1ccc(Cl)cc1C1=NN(Cc2cccc(N)c2)C(=O)SC1. The maximum absolute atomic E-state index is 12.4. The van der Waals surface area contributed by atoms with Gasteiger partial charge >= 0.3 is 11.2 Å². The monoisotopic (exact) mass is 491 g/mol. The minimum absolute atomic E-state index is 0.161. The minimum atomic E-state index is -0.657. The zero-order valence-corrected chi connectivity index (χ0v) is 22.0. The molecule has 33 heavy (non-hydrogen) atoms. The molecule has 1 amide bonds. The molecule has 8 heteroatoms. The number of hydrogen-bond donors (Lipinski definition) is 1. The quantitative estimate of drug-likeness (QED) is 0.282. The molecule has 2 N–H and O–H groups in total. The van der Waals surface area contributed by atoms with Crippen molar-refractivity contribution < 1.29 is 14.3 Å². The second kappa shape index (κ2) is 13.3. The van der Waals surface area contributed by atoms with E-state index in [0.29, 0.717) is 33.5 Å². The molecule has 1 aliphatic heterocycles. The number of hydrogen-bond acceptors (Lipinski definition) is 6. The molecule has 0 saturated heterocycles. The Morgan fingerprint density at radius 1 is 1.15 bits per heavy atom. The Bertz CT molecular complexity index is 987. The van der Waals surface area contributed by atoms with Crippen LogP contribution in [-0.2, 0) is 11.3 Å². The van der Waals surface area contributed by atoms with Crippen molar-refractivity contribution in [3.05, 3.63) is 58.6 Å². The third-order valence-corrected chi connectivity index (χ3v) is 5.25. The fourth-order valence-electron chi connectivity index (χ4n) is 2.59. The van der Waals surface area contributed by atoms with Crippen molar-refractivity contribution in [2.24, 2.45) is 10.5 Å². The van der Waals surface area contributed by atoms with Gasteiger partial charge in [-0.2, -0.15) is 5.10 Å². The van der Waals surface area contributed by atoms with Crippen molar-refractivity contribution in [2.75, 3.05) is 11.5 Å². The third kappa shape index (κ3) is 8.41. The Balaban J connectivity index is 0.00000129. The Morgan fingerprint density at radius 3 is 2.42 bits per heavy atom. The van der Waals surface area contributed by atoms with E-state index < -0.39 is 5.41 Å². The van der Waals surface area contributed by atoms with Crippen molar-refractivity contribution in [1.29, 1.82) is 0 Å². The van der Waals surface area contributed by atoms with Crippen LogP contribution in [0.2, 0.25) is 5.02 Å². The number of nitrogens with two attached hydrogens (primary N) is 1. The Morgan fingerprint density at radius 2 is 1.82 bits per heavy atom. The van der Waals surface area contributed by atoms with Crippen LogP contribution >= 0.6 is 23.4 Å². The van der Waals surface area contributed by atoms with E-state index >= 15 is 0 Å². The Labute approximate surface area is 206 Å². The highest BCUT2D eigenvalue weighted by atomic mass is 35.5. The molecule has 180 valence electrons. The van der Waals surface area contributed by atoms with Crippen molar-refractivity contribution in [2.45, 2.75) is 55.0 Å². The van der Waals surface area contributed by atoms with Crippen LogP contribution in [0.1, 0.15) is 59.6 Å². The van der Waals surface area contributed by atoms with Crippen LogP contribution in [0.4, 0.5) is 10.5 Å². The van der Waals surface area contributed by atoms with Gasteiger partial charge in [-0.3, -0.25) is 9.59 Å². The van der Waals surface area contributed by atoms with Crippen molar-refractivity contribution in [3.63, 3.8) is 0 Å². The van der Waals surface area contributed by atoms with Gasteiger partial charge in [0.1, 0.15) is 5.75 Å². The summed E-state index contributed by atoms with van der Waals surface area (Å²) in [5, 5.41) is 6.23. The predicted molar refractivity (Wildman–Crippen MR) is 140 cm³/mol. The van der Waals surface area contributed by atoms with E-state index in [9.17, 15) is 9.59 Å². The van der Waals surface area contributed by atoms with E-state index in [1.54, 1.807) is 51.1 Å². The summed E-state index contributed by atoms with van der Waals surface area (Å²) in [5.41, 5.74) is 7.86. The molecule has 0 aromatic heterocycles. The van der Waals surface area contributed by atoms with E-state index in [1.807, 2.05) is 39.8 Å². The van der Waals surface area contributed by atoms with Crippen LogP contribution < -0.4 is 10.5 Å². The van der Waals surface area contributed by atoms with Gasteiger partial charge in [-0.15, -0.1) is 0 Å². The molecule has 0 spiro atoms. The number of nitrogen functional groups attached to an aromatic ring is 1. The first kappa shape index (κ1) is 28.5. The lowest BCUT2D eigenvalue weighted by Crippen LogP contribution is -2.30. The number of anilines is 1. The van der Waals surface area contributed by atoms with Crippen LogP contribution in [0.3, 0.4) is 0 Å². The summed E-state index contributed by atoms with van der Waals surface area (Å²) in [6.45, 7) is 13.6. The fourth-order valence-corrected chi connectivity index (χ4v) is 3.49. The number of nitrogens with zero attached hydrogens (tertiary/aromatic N) is 2. The van der Waals surface area contributed by atoms with Crippen LogP contribution in [-0.4, -0.2) is 27.7 Å². The number of carbonyl (C=O) groups is 2. The number of hydrazone groups is 1. The standard InChI is InChI=1S/C21H22ClN3O3S.2C2H6/c1-21(2,3)19(26)28-18-8-7-14(22)10-16(18)17-12-29-20(27)25(24-17)11-13-5-4-6-15(23)9-13;2*1-2/h4-10H,11-12,23H2,1-3H3;2*1-2H3. The Hall–Kier alpha value is -2.51. The highest BCUT2D eigenvalue weighted by Crippen LogP contribution is 2.30. The molecule has 1 heterocycles. The third-order valence-electron chi connectivity index (χ3n) is 4.14. The lowest BCUT2D eigenvalue weighted by molar-refractivity contribution is -0.143. The van der Waals surface area contributed by atoms with Crippen LogP contribution in [0.5, 0.6) is 5.75 Å². The van der Waals surface area contributed by atoms with Crippen LogP contribution in [0.15, 0.2) is 47.6 Å². The normalized spacial score (nSPS) is 13.2. The largest absolute Gasteiger partial charge is 0.425 e. The summed E-state index contributed by atoms with van der Waals surface area (Å²) in [7, 11) is 0. The number of thioether (sulfide) groups is 1. The molecule has 2 aromatic carbocycles. The topological polar surface area (TPSA) is 85.0 Å². The van der Waals surface area contributed by atoms with E-state index in [0.717, 1.165) is 17.3 Å². The highest BCUT2D eigenvalue weighted by Gasteiger charge is 2.28. The minimum Gasteiger partial charge on any atom is -0.425 e. The van der Waals surface area contributed by atoms with Gasteiger partial charge in [0.25, 0.3) is 0 Å². The molecule has 0 unspecified atom stereocenters. The number of rotatable bonds is 4. The number of carbonyl (C=O) groups excluding carboxylic acids is 2. The number of amides is 1. The lowest BCUT2D eigenvalue weighted by atomic mass is 9.97. The van der Waals surface area contributed by atoms with Crippen molar-refractivity contribution in [1.82, 2.24) is 5.01 Å². The maximum atomic E-state index is 12.4. The Kier molecular flexibility index (Phi) is 11.5.